The Hall–Kier alpha value is -0.410. The van der Waals surface area contributed by atoms with Crippen LogP contribution in [0.15, 0.2) is 11.4 Å². The second-order valence-electron chi connectivity index (χ2n) is 1.15. The van der Waals surface area contributed by atoms with Crippen LogP contribution in [0.1, 0.15) is 5.69 Å². The molecule has 0 aliphatic rings. The third kappa shape index (κ3) is 0.976. The van der Waals surface area contributed by atoms with Crippen LogP contribution < -0.4 is 0 Å². The van der Waals surface area contributed by atoms with Gasteiger partial charge in [-0.25, -0.2) is 0 Å². The van der Waals surface area contributed by atoms with Crippen molar-refractivity contribution in [3.05, 3.63) is 17.1 Å². The largest absolute Gasteiger partial charge is 0.390 e. The van der Waals surface area contributed by atoms with E-state index in [9.17, 15) is 0 Å². The number of aromatic nitrogens is 1. The first-order valence-corrected chi connectivity index (χ1v) is 2.77. The van der Waals surface area contributed by atoms with Crippen molar-refractivity contribution in [1.82, 2.24) is 4.37 Å². The summed E-state index contributed by atoms with van der Waals surface area (Å²) in [5.74, 6) is 0. The Labute approximate surface area is 45.6 Å². The predicted octanol–water partition coefficient (Wildman–Crippen LogP) is 0.635. The van der Waals surface area contributed by atoms with E-state index in [1.54, 1.807) is 6.07 Å². The van der Waals surface area contributed by atoms with E-state index in [1.807, 2.05) is 5.38 Å². The number of aliphatic hydroxyl groups excluding tert-OH is 1. The van der Waals surface area contributed by atoms with Crippen molar-refractivity contribution in [2.75, 3.05) is 0 Å². The quantitative estimate of drug-likeness (QED) is 0.582. The van der Waals surface area contributed by atoms with Crippen molar-refractivity contribution in [1.29, 1.82) is 0 Å². The zero-order valence-corrected chi connectivity index (χ0v) is 4.48. The molecule has 1 aromatic heterocycles. The van der Waals surface area contributed by atoms with Crippen LogP contribution >= 0.6 is 11.5 Å². The highest BCUT2D eigenvalue weighted by molar-refractivity contribution is 7.03. The minimum Gasteiger partial charge on any atom is -0.390 e. The van der Waals surface area contributed by atoms with E-state index in [1.165, 1.54) is 11.5 Å². The third-order valence-electron chi connectivity index (χ3n) is 0.653. The summed E-state index contributed by atoms with van der Waals surface area (Å²) in [6.45, 7) is 0.0590. The number of aliphatic hydroxyl groups is 1. The van der Waals surface area contributed by atoms with Gasteiger partial charge in [0.25, 0.3) is 0 Å². The van der Waals surface area contributed by atoms with Crippen molar-refractivity contribution in [3.8, 4) is 0 Å². The van der Waals surface area contributed by atoms with E-state index in [4.69, 9.17) is 5.11 Å². The maximum atomic E-state index is 8.37. The molecule has 0 saturated heterocycles. The molecule has 2 nitrogen and oxygen atoms in total. The smallest absolute Gasteiger partial charge is 0.0863 e. The van der Waals surface area contributed by atoms with E-state index in [2.05, 4.69) is 4.37 Å². The van der Waals surface area contributed by atoms with E-state index in [-0.39, 0.29) is 6.61 Å². The molecule has 1 heterocycles. The van der Waals surface area contributed by atoms with Gasteiger partial charge in [-0.2, -0.15) is 4.37 Å². The highest BCUT2D eigenvalue weighted by atomic mass is 32.1. The topological polar surface area (TPSA) is 33.1 Å². The van der Waals surface area contributed by atoms with Crippen LogP contribution in [0.5, 0.6) is 0 Å². The predicted molar refractivity (Wildman–Crippen MR) is 28.0 cm³/mol. The monoisotopic (exact) mass is 115 g/mol. The Morgan fingerprint density at radius 1 is 1.86 bits per heavy atom. The van der Waals surface area contributed by atoms with Gasteiger partial charge in [0.15, 0.2) is 0 Å². The molecule has 0 aliphatic heterocycles. The van der Waals surface area contributed by atoms with E-state index >= 15 is 0 Å². The molecule has 1 N–H and O–H groups in total. The fourth-order valence-corrected chi connectivity index (χ4v) is 0.852. The fraction of sp³-hybridized carbons (Fsp3) is 0.250. The third-order valence-corrected chi connectivity index (χ3v) is 1.25. The van der Waals surface area contributed by atoms with Gasteiger partial charge in [-0.1, -0.05) is 0 Å². The molecular weight excluding hydrogens is 110 g/mol. The molecule has 3 heteroatoms. The van der Waals surface area contributed by atoms with Gasteiger partial charge in [0.05, 0.1) is 12.3 Å². The summed E-state index contributed by atoms with van der Waals surface area (Å²) < 4.78 is 3.83. The van der Waals surface area contributed by atoms with Crippen LogP contribution in [-0.2, 0) is 6.61 Å². The van der Waals surface area contributed by atoms with Gasteiger partial charge >= 0.3 is 0 Å². The van der Waals surface area contributed by atoms with Gasteiger partial charge < -0.3 is 5.11 Å². The SMILES string of the molecule is OCc1ccsn1. The number of hydrogen-bond donors (Lipinski definition) is 1. The molecule has 0 saturated carbocycles. The summed E-state index contributed by atoms with van der Waals surface area (Å²) in [7, 11) is 0. The summed E-state index contributed by atoms with van der Waals surface area (Å²) in [5, 5.41) is 10.2. The first-order valence-electron chi connectivity index (χ1n) is 1.93. The van der Waals surface area contributed by atoms with Gasteiger partial charge in [0.2, 0.25) is 0 Å². The number of hydrogen-bond acceptors (Lipinski definition) is 3. The molecule has 0 aromatic carbocycles. The van der Waals surface area contributed by atoms with Gasteiger partial charge in [-0.15, -0.1) is 0 Å². The van der Waals surface area contributed by atoms with Gasteiger partial charge in [-0.05, 0) is 17.6 Å². The molecule has 0 unspecified atom stereocenters. The first-order chi connectivity index (χ1) is 3.43. The lowest BCUT2D eigenvalue weighted by Gasteiger charge is -1.77. The van der Waals surface area contributed by atoms with Crippen LogP contribution in [0, 0.1) is 0 Å². The normalized spacial score (nSPS) is 9.29. The second kappa shape index (κ2) is 2.04. The summed E-state index contributed by atoms with van der Waals surface area (Å²) in [5.41, 5.74) is 0.755. The van der Waals surface area contributed by atoms with E-state index in [0.717, 1.165) is 5.69 Å². The standard InChI is InChI=1S/C4H5NOS/c6-3-4-1-2-7-5-4/h1-2,6H,3H2. The molecule has 1 aromatic rings. The first kappa shape index (κ1) is 4.74. The van der Waals surface area contributed by atoms with Crippen molar-refractivity contribution >= 4 is 11.5 Å². The lowest BCUT2D eigenvalue weighted by Crippen LogP contribution is -1.77. The molecule has 0 spiro atoms. The lowest BCUT2D eigenvalue weighted by molar-refractivity contribution is 0.278. The molecular formula is C4H5NOS. The van der Waals surface area contributed by atoms with Crippen LogP contribution in [0.2, 0.25) is 0 Å². The minimum atomic E-state index is 0.0590. The summed E-state index contributed by atoms with van der Waals surface area (Å²) in [4.78, 5) is 0. The highest BCUT2D eigenvalue weighted by Gasteiger charge is 1.85. The molecule has 0 radical (unpaired) electrons. The average molecular weight is 115 g/mol. The van der Waals surface area contributed by atoms with Gasteiger partial charge in [0.1, 0.15) is 0 Å². The summed E-state index contributed by atoms with van der Waals surface area (Å²) in [6, 6.07) is 1.80. The minimum absolute atomic E-state index is 0.0590. The van der Waals surface area contributed by atoms with Crippen molar-refractivity contribution in [2.45, 2.75) is 6.61 Å². The summed E-state index contributed by atoms with van der Waals surface area (Å²) in [6.07, 6.45) is 0. The molecule has 7 heavy (non-hydrogen) atoms. The molecule has 0 aliphatic carbocycles. The number of nitrogens with zero attached hydrogens (tertiary/aromatic N) is 1. The fourth-order valence-electron chi connectivity index (χ4n) is 0.319. The van der Waals surface area contributed by atoms with Crippen LogP contribution in [0.4, 0.5) is 0 Å². The molecule has 38 valence electrons. The van der Waals surface area contributed by atoms with Crippen LogP contribution in [0.3, 0.4) is 0 Å². The zero-order chi connectivity index (χ0) is 5.11. The Kier molecular flexibility index (Phi) is 1.38. The molecule has 0 fully saturated rings. The maximum absolute atomic E-state index is 8.37. The Balaban J connectivity index is 2.76. The Morgan fingerprint density at radius 3 is 3.00 bits per heavy atom. The zero-order valence-electron chi connectivity index (χ0n) is 3.66. The molecule has 0 amide bonds. The average Bonchev–Trinajstić information content (AvgIpc) is 2.14. The highest BCUT2D eigenvalue weighted by Crippen LogP contribution is 1.97. The van der Waals surface area contributed by atoms with E-state index < -0.39 is 0 Å². The van der Waals surface area contributed by atoms with Crippen molar-refractivity contribution < 1.29 is 5.11 Å². The molecule has 0 atom stereocenters. The summed E-state index contributed by atoms with van der Waals surface area (Å²) >= 11 is 1.35. The van der Waals surface area contributed by atoms with Crippen molar-refractivity contribution in [3.63, 3.8) is 0 Å². The van der Waals surface area contributed by atoms with Gasteiger partial charge in [-0.3, -0.25) is 0 Å². The Bertz CT molecular complexity index is 126. The second-order valence-corrected chi connectivity index (χ2v) is 1.81. The van der Waals surface area contributed by atoms with Crippen molar-refractivity contribution in [2.24, 2.45) is 0 Å². The van der Waals surface area contributed by atoms with Crippen LogP contribution in [-0.4, -0.2) is 9.48 Å². The van der Waals surface area contributed by atoms with Crippen LogP contribution in [0.25, 0.3) is 0 Å². The van der Waals surface area contributed by atoms with E-state index in [0.29, 0.717) is 0 Å². The maximum Gasteiger partial charge on any atom is 0.0863 e. The molecule has 0 bridgehead atoms. The number of rotatable bonds is 1. The lowest BCUT2D eigenvalue weighted by atomic mass is 10.5. The Morgan fingerprint density at radius 2 is 2.71 bits per heavy atom. The van der Waals surface area contributed by atoms with Gasteiger partial charge in [0, 0.05) is 5.38 Å². The molecule has 1 rings (SSSR count).